The van der Waals surface area contributed by atoms with Gasteiger partial charge in [0, 0.05) is 0 Å². The molecular formula is C13H16SiZr. The van der Waals surface area contributed by atoms with E-state index in [2.05, 4.69) is 49.6 Å². The molecule has 0 heterocycles. The first-order chi connectivity index (χ1) is 7.27. The standard InChI is InChI=1S/C11H10.C2H6Si.Zr/c1-2-6-10(5-1)9-11-7-3-4-8-11;1-3-2;/h1-5,7H,6,8H2;1-2H3;. The molecule has 15 heavy (non-hydrogen) atoms. The summed E-state index contributed by atoms with van der Waals surface area (Å²) in [5.74, 6) is 0. The molecule has 2 aliphatic rings. The molecule has 0 aromatic carbocycles. The molecule has 0 saturated carbocycles. The Balaban J connectivity index is 2.38. The fraction of sp³-hybridized carbons (Fsp3) is 0.308. The summed E-state index contributed by atoms with van der Waals surface area (Å²) in [6.45, 7) is 4.95. The minimum absolute atomic E-state index is 0.0107. The average molecular weight is 292 g/mol. The fourth-order valence-corrected chi connectivity index (χ4v) is 9.67. The summed E-state index contributed by atoms with van der Waals surface area (Å²) in [4.78, 5) is 0. The number of hydrogen-bond acceptors (Lipinski definition) is 0. The van der Waals surface area contributed by atoms with E-state index in [0.29, 0.717) is 0 Å². The Labute approximate surface area is 103 Å². The van der Waals surface area contributed by atoms with Crippen LogP contribution in [0.2, 0.25) is 13.1 Å². The third kappa shape index (κ3) is 2.95. The topological polar surface area (TPSA) is 0 Å². The molecule has 0 fully saturated rings. The Morgan fingerprint density at radius 3 is 1.93 bits per heavy atom. The molecule has 76 valence electrons. The second-order valence-electron chi connectivity index (χ2n) is 4.15. The van der Waals surface area contributed by atoms with E-state index in [0.717, 1.165) is 0 Å². The molecule has 2 rings (SSSR count). The van der Waals surface area contributed by atoms with Crippen LogP contribution in [0.25, 0.3) is 0 Å². The van der Waals surface area contributed by atoms with Gasteiger partial charge in [-0.05, 0) is 0 Å². The summed E-state index contributed by atoms with van der Waals surface area (Å²) in [6, 6.07) is 0. The second kappa shape index (κ2) is 5.32. The summed E-state index contributed by atoms with van der Waals surface area (Å²) in [5, 5.41) is 0. The van der Waals surface area contributed by atoms with Gasteiger partial charge in [0.05, 0.1) is 0 Å². The number of rotatable bonds is 2. The molecule has 0 spiro atoms. The molecular weight excluding hydrogens is 275 g/mol. The normalized spacial score (nSPS) is 17.5. The van der Waals surface area contributed by atoms with Gasteiger partial charge in [-0.15, -0.1) is 0 Å². The Hall–Kier alpha value is -0.0700. The van der Waals surface area contributed by atoms with E-state index in [-0.39, 0.29) is 26.8 Å². The van der Waals surface area contributed by atoms with Crippen LogP contribution in [0.5, 0.6) is 0 Å². The Morgan fingerprint density at radius 1 is 1.07 bits per heavy atom. The molecule has 0 N–H and O–H groups in total. The first kappa shape index (κ1) is 11.4. The van der Waals surface area contributed by atoms with Crippen LogP contribution in [-0.4, -0.2) is 8.64 Å². The van der Waals surface area contributed by atoms with Crippen LogP contribution < -0.4 is 0 Å². The van der Waals surface area contributed by atoms with Gasteiger partial charge in [-0.2, -0.15) is 0 Å². The van der Waals surface area contributed by atoms with E-state index in [1.807, 2.05) is 0 Å². The molecule has 0 saturated heterocycles. The van der Waals surface area contributed by atoms with Crippen molar-refractivity contribution in [3.63, 3.8) is 0 Å². The molecule has 0 radical (unpaired) electrons. The van der Waals surface area contributed by atoms with Gasteiger partial charge in [0.1, 0.15) is 0 Å². The molecule has 2 heteroatoms. The van der Waals surface area contributed by atoms with Crippen molar-refractivity contribution >= 4 is 8.64 Å². The quantitative estimate of drug-likeness (QED) is 0.685. The average Bonchev–Trinajstić information content (AvgIpc) is 2.87. The molecule has 0 atom stereocenters. The third-order valence-corrected chi connectivity index (χ3v) is 10.4. The zero-order chi connectivity index (χ0) is 10.7. The molecule has 0 nitrogen and oxygen atoms in total. The first-order valence-electron chi connectivity index (χ1n) is 5.43. The SMILES string of the molecule is C[Si](C)=[Zr]=[C](C1=CC=CC1)C1=CC=CC1. The van der Waals surface area contributed by atoms with Gasteiger partial charge in [0.15, 0.2) is 0 Å². The molecule has 0 bridgehead atoms. The second-order valence-corrected chi connectivity index (χ2v) is 16.8. The molecule has 0 amide bonds. The number of hydrogen-bond donors (Lipinski definition) is 0. The Bertz CT molecular complexity index is 419. The zero-order valence-electron chi connectivity index (χ0n) is 9.38. The van der Waals surface area contributed by atoms with Crippen molar-refractivity contribution in [3.8, 4) is 0 Å². The van der Waals surface area contributed by atoms with E-state index in [9.17, 15) is 0 Å². The fourth-order valence-electron chi connectivity index (χ4n) is 1.88. The van der Waals surface area contributed by atoms with Gasteiger partial charge in [0.25, 0.3) is 0 Å². The Morgan fingerprint density at radius 2 is 1.60 bits per heavy atom. The maximum atomic E-state index is 2.47. The maximum absolute atomic E-state index is 2.47. The van der Waals surface area contributed by atoms with Crippen LogP contribution in [0.1, 0.15) is 12.8 Å². The predicted octanol–water partition coefficient (Wildman–Crippen LogP) is 3.27. The van der Waals surface area contributed by atoms with Crippen molar-refractivity contribution in [2.24, 2.45) is 0 Å². The van der Waals surface area contributed by atoms with Gasteiger partial charge >= 0.3 is 104 Å². The van der Waals surface area contributed by atoms with E-state index >= 15 is 0 Å². The molecule has 0 aromatic rings. The summed E-state index contributed by atoms with van der Waals surface area (Å²) < 4.78 is 1.80. The van der Waals surface area contributed by atoms with Crippen molar-refractivity contribution in [1.82, 2.24) is 0 Å². The summed E-state index contributed by atoms with van der Waals surface area (Å²) in [7, 11) is 0. The van der Waals surface area contributed by atoms with E-state index in [1.54, 1.807) is 14.4 Å². The van der Waals surface area contributed by atoms with Crippen molar-refractivity contribution < 1.29 is 21.4 Å². The van der Waals surface area contributed by atoms with E-state index in [1.165, 1.54) is 12.8 Å². The molecule has 2 aliphatic carbocycles. The Kier molecular flexibility index (Phi) is 4.05. The minimum atomic E-state index is -0.290. The van der Waals surface area contributed by atoms with E-state index < -0.39 is 0 Å². The molecule has 0 aliphatic heterocycles. The van der Waals surface area contributed by atoms with Crippen LogP contribution in [0.15, 0.2) is 47.6 Å². The van der Waals surface area contributed by atoms with Gasteiger partial charge in [-0.25, -0.2) is 0 Å². The van der Waals surface area contributed by atoms with E-state index in [4.69, 9.17) is 0 Å². The summed E-state index contributed by atoms with van der Waals surface area (Å²) in [5.41, 5.74) is 3.24. The van der Waals surface area contributed by atoms with Gasteiger partial charge in [0.2, 0.25) is 0 Å². The summed E-state index contributed by atoms with van der Waals surface area (Å²) >= 11 is -0.290. The van der Waals surface area contributed by atoms with Crippen LogP contribution in [0.3, 0.4) is 0 Å². The zero-order valence-corrected chi connectivity index (χ0v) is 12.8. The van der Waals surface area contributed by atoms with Crippen molar-refractivity contribution in [2.75, 3.05) is 0 Å². The van der Waals surface area contributed by atoms with Gasteiger partial charge in [-0.3, -0.25) is 0 Å². The predicted molar refractivity (Wildman–Crippen MR) is 66.2 cm³/mol. The van der Waals surface area contributed by atoms with Crippen LogP contribution >= 0.6 is 0 Å². The van der Waals surface area contributed by atoms with Gasteiger partial charge in [-0.1, -0.05) is 0 Å². The first-order valence-corrected chi connectivity index (χ1v) is 12.9. The van der Waals surface area contributed by atoms with Crippen LogP contribution in [0.4, 0.5) is 0 Å². The monoisotopic (exact) mass is 290 g/mol. The van der Waals surface area contributed by atoms with Crippen molar-refractivity contribution in [2.45, 2.75) is 25.9 Å². The van der Waals surface area contributed by atoms with Gasteiger partial charge < -0.3 is 0 Å². The summed E-state index contributed by atoms with van der Waals surface area (Å²) in [6.07, 6.45) is 16.0. The molecule has 0 aromatic heterocycles. The molecule has 0 unspecified atom stereocenters. The van der Waals surface area contributed by atoms with Crippen LogP contribution in [-0.2, 0) is 21.4 Å². The van der Waals surface area contributed by atoms with Crippen LogP contribution in [0, 0.1) is 0 Å². The van der Waals surface area contributed by atoms with Crippen molar-refractivity contribution in [1.29, 1.82) is 0 Å². The number of allylic oxidation sites excluding steroid dienone is 8. The third-order valence-electron chi connectivity index (χ3n) is 2.56. The van der Waals surface area contributed by atoms with Crippen molar-refractivity contribution in [3.05, 3.63) is 47.6 Å².